The van der Waals surface area contributed by atoms with Crippen molar-refractivity contribution in [3.63, 3.8) is 0 Å². The molecule has 0 aliphatic carbocycles. The average Bonchev–Trinajstić information content (AvgIpc) is 2.68. The molecule has 0 aromatic rings. The number of carboxylic acid groups (broad SMARTS) is 2. The van der Waals surface area contributed by atoms with Crippen LogP contribution in [0.5, 0.6) is 0 Å². The van der Waals surface area contributed by atoms with Gasteiger partial charge in [-0.25, -0.2) is 0 Å². The van der Waals surface area contributed by atoms with Crippen molar-refractivity contribution in [3.05, 3.63) is 0 Å². The Hall–Kier alpha value is -1.06. The maximum atomic E-state index is 11.8. The Bertz CT molecular complexity index is 458. The van der Waals surface area contributed by atoms with Gasteiger partial charge in [0, 0.05) is 6.42 Å². The Morgan fingerprint density at radius 3 is 1.48 bits per heavy atom. The van der Waals surface area contributed by atoms with Crippen LogP contribution in [0.25, 0.3) is 0 Å². The SMILES string of the molecule is CC(C)CCC(CCCCCCCCCCCC(=O)O)C(CCC(C)C)C(C)C(=O)O. The van der Waals surface area contributed by atoms with Gasteiger partial charge in [-0.05, 0) is 42.9 Å². The third kappa shape index (κ3) is 17.2. The number of carboxylic acids is 2. The maximum Gasteiger partial charge on any atom is 0.306 e. The highest BCUT2D eigenvalue weighted by atomic mass is 16.4. The monoisotopic (exact) mass is 440 g/mol. The van der Waals surface area contributed by atoms with E-state index in [1.807, 2.05) is 6.92 Å². The second-order valence-corrected chi connectivity index (χ2v) is 10.6. The summed E-state index contributed by atoms with van der Waals surface area (Å²) in [6, 6.07) is 0. The molecular weight excluding hydrogens is 388 g/mol. The predicted molar refractivity (Wildman–Crippen MR) is 130 cm³/mol. The summed E-state index contributed by atoms with van der Waals surface area (Å²) in [6.45, 7) is 10.9. The summed E-state index contributed by atoms with van der Waals surface area (Å²) in [7, 11) is 0. The fourth-order valence-electron chi connectivity index (χ4n) is 4.64. The van der Waals surface area contributed by atoms with Gasteiger partial charge >= 0.3 is 11.9 Å². The molecule has 0 rings (SSSR count). The molecule has 0 saturated carbocycles. The molecule has 184 valence electrons. The van der Waals surface area contributed by atoms with Crippen LogP contribution in [0.1, 0.15) is 131 Å². The molecule has 0 fully saturated rings. The molecule has 31 heavy (non-hydrogen) atoms. The van der Waals surface area contributed by atoms with Crippen molar-refractivity contribution >= 4 is 11.9 Å². The normalized spacial score (nSPS) is 14.7. The molecule has 0 aliphatic heterocycles. The quantitative estimate of drug-likeness (QED) is 0.176. The van der Waals surface area contributed by atoms with E-state index in [1.54, 1.807) is 0 Å². The summed E-state index contributed by atoms with van der Waals surface area (Å²) in [5.41, 5.74) is 0. The summed E-state index contributed by atoms with van der Waals surface area (Å²) < 4.78 is 0. The van der Waals surface area contributed by atoms with E-state index in [2.05, 4.69) is 27.7 Å². The van der Waals surface area contributed by atoms with Crippen LogP contribution in [0.2, 0.25) is 0 Å². The number of carbonyl (C=O) groups is 2. The summed E-state index contributed by atoms with van der Waals surface area (Å²) >= 11 is 0. The Kier molecular flexibility index (Phi) is 17.9. The van der Waals surface area contributed by atoms with Crippen molar-refractivity contribution in [2.45, 2.75) is 131 Å². The molecule has 2 N–H and O–H groups in total. The molecular formula is C27H52O4. The third-order valence-corrected chi connectivity index (χ3v) is 6.79. The molecule has 0 saturated heterocycles. The van der Waals surface area contributed by atoms with Crippen LogP contribution < -0.4 is 0 Å². The Morgan fingerprint density at radius 1 is 0.581 bits per heavy atom. The first-order valence-electron chi connectivity index (χ1n) is 13.1. The fraction of sp³-hybridized carbons (Fsp3) is 0.926. The average molecular weight is 441 g/mol. The van der Waals surface area contributed by atoms with Gasteiger partial charge in [0.15, 0.2) is 0 Å². The molecule has 3 unspecified atom stereocenters. The van der Waals surface area contributed by atoms with Crippen LogP contribution in [-0.2, 0) is 9.59 Å². The van der Waals surface area contributed by atoms with E-state index in [4.69, 9.17) is 5.11 Å². The summed E-state index contributed by atoms with van der Waals surface area (Å²) in [4.78, 5) is 22.3. The van der Waals surface area contributed by atoms with Gasteiger partial charge < -0.3 is 10.2 Å². The first-order chi connectivity index (χ1) is 14.6. The zero-order valence-corrected chi connectivity index (χ0v) is 21.2. The zero-order chi connectivity index (χ0) is 23.6. The molecule has 4 nitrogen and oxygen atoms in total. The van der Waals surface area contributed by atoms with Crippen molar-refractivity contribution in [1.82, 2.24) is 0 Å². The van der Waals surface area contributed by atoms with Gasteiger partial charge in [0.2, 0.25) is 0 Å². The highest BCUT2D eigenvalue weighted by Crippen LogP contribution is 2.35. The lowest BCUT2D eigenvalue weighted by molar-refractivity contribution is -0.144. The van der Waals surface area contributed by atoms with Gasteiger partial charge in [-0.2, -0.15) is 0 Å². The van der Waals surface area contributed by atoms with E-state index in [0.29, 0.717) is 30.1 Å². The number of hydrogen-bond acceptors (Lipinski definition) is 2. The van der Waals surface area contributed by atoms with E-state index >= 15 is 0 Å². The van der Waals surface area contributed by atoms with Gasteiger partial charge in [-0.3, -0.25) is 9.59 Å². The molecule has 0 radical (unpaired) electrons. The molecule has 0 heterocycles. The van der Waals surface area contributed by atoms with Crippen LogP contribution in [0.4, 0.5) is 0 Å². The van der Waals surface area contributed by atoms with E-state index in [1.165, 1.54) is 51.4 Å². The minimum Gasteiger partial charge on any atom is -0.481 e. The van der Waals surface area contributed by atoms with Crippen LogP contribution in [0.3, 0.4) is 0 Å². The van der Waals surface area contributed by atoms with Crippen LogP contribution in [0.15, 0.2) is 0 Å². The second-order valence-electron chi connectivity index (χ2n) is 10.6. The molecule has 0 amide bonds. The van der Waals surface area contributed by atoms with E-state index in [9.17, 15) is 14.7 Å². The molecule has 3 atom stereocenters. The van der Waals surface area contributed by atoms with Crippen molar-refractivity contribution in [2.75, 3.05) is 0 Å². The topological polar surface area (TPSA) is 74.6 Å². The molecule has 0 aliphatic rings. The minimum atomic E-state index is -0.684. The van der Waals surface area contributed by atoms with Gasteiger partial charge in [-0.1, -0.05) is 105 Å². The number of unbranched alkanes of at least 4 members (excludes halogenated alkanes) is 8. The third-order valence-electron chi connectivity index (χ3n) is 6.79. The molecule has 0 aromatic carbocycles. The molecule has 4 heteroatoms. The first-order valence-corrected chi connectivity index (χ1v) is 13.1. The zero-order valence-electron chi connectivity index (χ0n) is 21.2. The van der Waals surface area contributed by atoms with Crippen molar-refractivity contribution < 1.29 is 19.8 Å². The lowest BCUT2D eigenvalue weighted by Gasteiger charge is -2.31. The Balaban J connectivity index is 4.36. The minimum absolute atomic E-state index is 0.253. The summed E-state index contributed by atoms with van der Waals surface area (Å²) in [5, 5.41) is 18.3. The first kappa shape index (κ1) is 29.9. The Labute approximate surface area is 192 Å². The maximum absolute atomic E-state index is 11.8. The molecule has 0 bridgehead atoms. The largest absolute Gasteiger partial charge is 0.481 e. The van der Waals surface area contributed by atoms with Crippen LogP contribution in [-0.4, -0.2) is 22.2 Å². The van der Waals surface area contributed by atoms with Crippen LogP contribution >= 0.6 is 0 Å². The number of hydrogen-bond donors (Lipinski definition) is 2. The van der Waals surface area contributed by atoms with Crippen molar-refractivity contribution in [2.24, 2.45) is 29.6 Å². The standard InChI is InChI=1S/C27H52O4/c1-21(2)17-19-24(25(20-18-22(3)4)23(5)27(30)31)15-13-11-9-7-6-8-10-12-14-16-26(28)29/h21-25H,6-20H2,1-5H3,(H,28,29)(H,30,31). The number of rotatable bonds is 21. The van der Waals surface area contributed by atoms with E-state index in [0.717, 1.165) is 38.5 Å². The lowest BCUT2D eigenvalue weighted by Crippen LogP contribution is -2.28. The lowest BCUT2D eigenvalue weighted by atomic mass is 9.73. The highest BCUT2D eigenvalue weighted by Gasteiger charge is 2.30. The van der Waals surface area contributed by atoms with Gasteiger partial charge in [0.05, 0.1) is 5.92 Å². The number of aliphatic carboxylic acids is 2. The molecule has 0 spiro atoms. The van der Waals surface area contributed by atoms with Crippen molar-refractivity contribution in [1.29, 1.82) is 0 Å². The fourth-order valence-corrected chi connectivity index (χ4v) is 4.64. The summed E-state index contributed by atoms with van der Waals surface area (Å²) in [6.07, 6.45) is 16.4. The molecule has 0 aromatic heterocycles. The van der Waals surface area contributed by atoms with E-state index < -0.39 is 11.9 Å². The van der Waals surface area contributed by atoms with Crippen molar-refractivity contribution in [3.8, 4) is 0 Å². The second kappa shape index (κ2) is 18.5. The van der Waals surface area contributed by atoms with Gasteiger partial charge in [-0.15, -0.1) is 0 Å². The summed E-state index contributed by atoms with van der Waals surface area (Å²) in [5.74, 6) is 0.549. The predicted octanol–water partition coefficient (Wildman–Crippen LogP) is 8.19. The Morgan fingerprint density at radius 2 is 1.03 bits per heavy atom. The van der Waals surface area contributed by atoms with E-state index in [-0.39, 0.29) is 5.92 Å². The van der Waals surface area contributed by atoms with Gasteiger partial charge in [0.25, 0.3) is 0 Å². The highest BCUT2D eigenvalue weighted by molar-refractivity contribution is 5.69. The van der Waals surface area contributed by atoms with Crippen LogP contribution in [0, 0.1) is 29.6 Å². The van der Waals surface area contributed by atoms with Gasteiger partial charge in [0.1, 0.15) is 0 Å². The smallest absolute Gasteiger partial charge is 0.306 e.